The van der Waals surface area contributed by atoms with Crippen molar-refractivity contribution in [2.45, 2.75) is 44.4 Å². The van der Waals surface area contributed by atoms with E-state index in [-0.39, 0.29) is 5.91 Å². The molecule has 4 nitrogen and oxygen atoms in total. The maximum atomic E-state index is 11.9. The first-order chi connectivity index (χ1) is 11.3. The van der Waals surface area contributed by atoms with Crippen molar-refractivity contribution in [2.75, 3.05) is 31.6 Å². The van der Waals surface area contributed by atoms with Crippen molar-refractivity contribution in [3.8, 4) is 5.75 Å². The number of benzene rings is 1. The van der Waals surface area contributed by atoms with Gasteiger partial charge < -0.3 is 15.0 Å². The highest BCUT2D eigenvalue weighted by Gasteiger charge is 2.23. The zero-order valence-electron chi connectivity index (χ0n) is 15.0. The number of carbonyl (C=O) groups is 1. The van der Waals surface area contributed by atoms with Gasteiger partial charge in [0.2, 0.25) is 5.91 Å². The highest BCUT2D eigenvalue weighted by Crippen LogP contribution is 2.21. The molecule has 0 bridgehead atoms. The second-order valence-corrected chi connectivity index (χ2v) is 9.16. The Morgan fingerprint density at radius 3 is 2.50 bits per heavy atom. The SMILES string of the molecule is CC1CCN(CCCOc2ccc(NC(=O)C(C)(C)Br)cc2)CC1. The fourth-order valence-electron chi connectivity index (χ4n) is 2.68. The van der Waals surface area contributed by atoms with Crippen molar-refractivity contribution >= 4 is 27.5 Å². The van der Waals surface area contributed by atoms with E-state index in [1.165, 1.54) is 25.9 Å². The van der Waals surface area contributed by atoms with E-state index < -0.39 is 4.32 Å². The largest absolute Gasteiger partial charge is 0.494 e. The summed E-state index contributed by atoms with van der Waals surface area (Å²) in [6.45, 7) is 10.3. The quantitative estimate of drug-likeness (QED) is 0.551. The smallest absolute Gasteiger partial charge is 0.240 e. The molecule has 1 aromatic rings. The Balaban J connectivity index is 1.67. The number of likely N-dealkylation sites (tertiary alicyclic amines) is 1. The lowest BCUT2D eigenvalue weighted by Gasteiger charge is -2.30. The molecule has 1 N–H and O–H groups in total. The number of nitrogens with zero attached hydrogens (tertiary/aromatic N) is 1. The summed E-state index contributed by atoms with van der Waals surface area (Å²) in [5.41, 5.74) is 0.780. The Morgan fingerprint density at radius 1 is 1.29 bits per heavy atom. The molecule has 1 aromatic carbocycles. The van der Waals surface area contributed by atoms with Crippen LogP contribution in [-0.2, 0) is 4.79 Å². The number of alkyl halides is 1. The minimum Gasteiger partial charge on any atom is -0.494 e. The summed E-state index contributed by atoms with van der Waals surface area (Å²) < 4.78 is 5.22. The van der Waals surface area contributed by atoms with E-state index in [9.17, 15) is 4.79 Å². The molecule has 1 aliphatic rings. The molecule has 2 rings (SSSR count). The molecule has 0 aromatic heterocycles. The third-order valence-electron chi connectivity index (χ3n) is 4.42. The van der Waals surface area contributed by atoms with Crippen LogP contribution in [0.15, 0.2) is 24.3 Å². The van der Waals surface area contributed by atoms with Gasteiger partial charge in [-0.05, 0) is 76.4 Å². The van der Waals surface area contributed by atoms with Gasteiger partial charge in [-0.15, -0.1) is 0 Å². The van der Waals surface area contributed by atoms with Gasteiger partial charge in [-0.2, -0.15) is 0 Å². The van der Waals surface area contributed by atoms with E-state index in [4.69, 9.17) is 4.74 Å². The zero-order chi connectivity index (χ0) is 17.6. The number of piperidine rings is 1. The number of anilines is 1. The molecule has 0 unspecified atom stereocenters. The first kappa shape index (κ1) is 19.3. The molecule has 0 aliphatic carbocycles. The molecule has 5 heteroatoms. The topological polar surface area (TPSA) is 41.6 Å². The minimum atomic E-state index is -0.575. The lowest BCUT2D eigenvalue weighted by Crippen LogP contribution is -2.34. The van der Waals surface area contributed by atoms with Gasteiger partial charge in [0.15, 0.2) is 0 Å². The maximum Gasteiger partial charge on any atom is 0.240 e. The van der Waals surface area contributed by atoms with Crippen molar-refractivity contribution < 1.29 is 9.53 Å². The predicted octanol–water partition coefficient (Wildman–Crippen LogP) is 4.30. The van der Waals surface area contributed by atoms with Gasteiger partial charge in [0.25, 0.3) is 0 Å². The number of halogens is 1. The predicted molar refractivity (Wildman–Crippen MR) is 103 cm³/mol. The van der Waals surface area contributed by atoms with Gasteiger partial charge in [-0.25, -0.2) is 0 Å². The van der Waals surface area contributed by atoms with E-state index in [1.807, 2.05) is 38.1 Å². The lowest BCUT2D eigenvalue weighted by atomic mass is 9.99. The minimum absolute atomic E-state index is 0.0629. The van der Waals surface area contributed by atoms with Gasteiger partial charge in [0.05, 0.1) is 10.9 Å². The monoisotopic (exact) mass is 396 g/mol. The molecule has 1 saturated heterocycles. The fraction of sp³-hybridized carbons (Fsp3) is 0.632. The molecule has 134 valence electrons. The van der Waals surface area contributed by atoms with Crippen LogP contribution < -0.4 is 10.1 Å². The third kappa shape index (κ3) is 6.44. The zero-order valence-corrected chi connectivity index (χ0v) is 16.6. The standard InChI is InChI=1S/C19H29BrN2O2/c1-15-9-12-22(13-10-15)11-4-14-24-17-7-5-16(6-8-17)21-18(23)19(2,3)20/h5-8,15H,4,9-14H2,1-3H3,(H,21,23). The van der Waals surface area contributed by atoms with Gasteiger partial charge in [0, 0.05) is 12.2 Å². The van der Waals surface area contributed by atoms with E-state index >= 15 is 0 Å². The van der Waals surface area contributed by atoms with Crippen LogP contribution in [0.25, 0.3) is 0 Å². The van der Waals surface area contributed by atoms with Crippen molar-refractivity contribution in [1.82, 2.24) is 4.90 Å². The Bertz CT molecular complexity index is 517. The van der Waals surface area contributed by atoms with Crippen LogP contribution in [0.1, 0.15) is 40.0 Å². The molecule has 1 heterocycles. The first-order valence-corrected chi connectivity index (χ1v) is 9.59. The summed E-state index contributed by atoms with van der Waals surface area (Å²) in [4.78, 5) is 14.4. The molecular formula is C19H29BrN2O2. The van der Waals surface area contributed by atoms with Crippen LogP contribution >= 0.6 is 15.9 Å². The summed E-state index contributed by atoms with van der Waals surface area (Å²) in [6.07, 6.45) is 3.68. The molecule has 0 spiro atoms. The highest BCUT2D eigenvalue weighted by atomic mass is 79.9. The lowest BCUT2D eigenvalue weighted by molar-refractivity contribution is -0.117. The van der Waals surface area contributed by atoms with Crippen LogP contribution in [0.3, 0.4) is 0 Å². The van der Waals surface area contributed by atoms with Gasteiger partial charge in [-0.1, -0.05) is 22.9 Å². The summed E-state index contributed by atoms with van der Waals surface area (Å²) in [5.74, 6) is 1.66. The van der Waals surface area contributed by atoms with E-state index in [1.54, 1.807) is 0 Å². The number of carbonyl (C=O) groups excluding carboxylic acids is 1. The Morgan fingerprint density at radius 2 is 1.92 bits per heavy atom. The molecule has 1 amide bonds. The third-order valence-corrected chi connectivity index (χ3v) is 4.78. The Hall–Kier alpha value is -1.07. The first-order valence-electron chi connectivity index (χ1n) is 8.80. The molecule has 0 saturated carbocycles. The van der Waals surface area contributed by atoms with E-state index in [0.717, 1.165) is 36.9 Å². The van der Waals surface area contributed by atoms with Crippen LogP contribution in [0.2, 0.25) is 0 Å². The Labute approximate surface area is 154 Å². The van der Waals surface area contributed by atoms with Crippen LogP contribution in [-0.4, -0.2) is 41.4 Å². The molecule has 24 heavy (non-hydrogen) atoms. The molecule has 0 radical (unpaired) electrons. The number of hydrogen-bond acceptors (Lipinski definition) is 3. The average Bonchev–Trinajstić information content (AvgIpc) is 2.54. The summed E-state index contributed by atoms with van der Waals surface area (Å²) in [7, 11) is 0. The number of ether oxygens (including phenoxy) is 1. The second kappa shape index (κ2) is 8.86. The summed E-state index contributed by atoms with van der Waals surface area (Å²) >= 11 is 3.35. The number of rotatable bonds is 7. The van der Waals surface area contributed by atoms with Gasteiger partial charge in [-0.3, -0.25) is 4.79 Å². The maximum absolute atomic E-state index is 11.9. The highest BCUT2D eigenvalue weighted by molar-refractivity contribution is 9.10. The average molecular weight is 397 g/mol. The van der Waals surface area contributed by atoms with E-state index in [2.05, 4.69) is 33.1 Å². The van der Waals surface area contributed by atoms with Crippen molar-refractivity contribution in [3.63, 3.8) is 0 Å². The van der Waals surface area contributed by atoms with Crippen molar-refractivity contribution in [2.24, 2.45) is 5.92 Å². The summed E-state index contributed by atoms with van der Waals surface area (Å²) in [5, 5.41) is 2.87. The number of amides is 1. The van der Waals surface area contributed by atoms with Crippen LogP contribution in [0.5, 0.6) is 5.75 Å². The molecular weight excluding hydrogens is 368 g/mol. The van der Waals surface area contributed by atoms with Crippen molar-refractivity contribution in [3.05, 3.63) is 24.3 Å². The number of hydrogen-bond donors (Lipinski definition) is 1. The van der Waals surface area contributed by atoms with Crippen LogP contribution in [0.4, 0.5) is 5.69 Å². The molecule has 1 aliphatic heterocycles. The van der Waals surface area contributed by atoms with Gasteiger partial charge in [0.1, 0.15) is 5.75 Å². The van der Waals surface area contributed by atoms with Gasteiger partial charge >= 0.3 is 0 Å². The molecule has 0 atom stereocenters. The fourth-order valence-corrected chi connectivity index (χ4v) is 2.78. The second-order valence-electron chi connectivity index (χ2n) is 7.18. The van der Waals surface area contributed by atoms with E-state index in [0.29, 0.717) is 0 Å². The van der Waals surface area contributed by atoms with Crippen LogP contribution in [0, 0.1) is 5.92 Å². The van der Waals surface area contributed by atoms with Crippen molar-refractivity contribution in [1.29, 1.82) is 0 Å². The Kier molecular flexibility index (Phi) is 7.11. The number of nitrogens with one attached hydrogen (secondary N) is 1. The summed E-state index contributed by atoms with van der Waals surface area (Å²) in [6, 6.07) is 7.55. The normalized spacial score (nSPS) is 16.8. The molecule has 1 fully saturated rings.